The molecule has 2 fully saturated rings. The Hall–Kier alpha value is -4.28. The number of likely N-dealkylation sites (tertiary alicyclic amines) is 2. The van der Waals surface area contributed by atoms with Crippen molar-refractivity contribution in [3.05, 3.63) is 59.9 Å². The van der Waals surface area contributed by atoms with E-state index < -0.39 is 6.04 Å². The maximum atomic E-state index is 13.5. The van der Waals surface area contributed by atoms with E-state index in [2.05, 4.69) is 25.7 Å². The third-order valence-corrected chi connectivity index (χ3v) is 6.78. The molecule has 2 saturated heterocycles. The van der Waals surface area contributed by atoms with Crippen LogP contribution in [-0.4, -0.2) is 80.3 Å². The van der Waals surface area contributed by atoms with Gasteiger partial charge in [0.1, 0.15) is 6.04 Å². The van der Waals surface area contributed by atoms with Gasteiger partial charge in [-0.05, 0) is 63.3 Å². The number of anilines is 1. The minimum Gasteiger partial charge on any atom is -0.341 e. The van der Waals surface area contributed by atoms with Gasteiger partial charge in [-0.25, -0.2) is 14.5 Å². The number of benzene rings is 1. The molecule has 2 aliphatic heterocycles. The Balaban J connectivity index is 1.39. The zero-order chi connectivity index (χ0) is 26.5. The molecule has 11 heteroatoms. The summed E-state index contributed by atoms with van der Waals surface area (Å²) in [4.78, 5) is 51.7. The number of carbonyl (C=O) groups is 3. The van der Waals surface area contributed by atoms with Crippen LogP contribution >= 0.6 is 0 Å². The number of hydrogen-bond acceptors (Lipinski definition) is 6. The number of nitrogens with one attached hydrogen (secondary N) is 2. The predicted molar refractivity (Wildman–Crippen MR) is 143 cm³/mol. The summed E-state index contributed by atoms with van der Waals surface area (Å²) < 4.78 is 1.64. The number of aryl methyl sites for hydroxylation is 1. The van der Waals surface area contributed by atoms with E-state index in [-0.39, 0.29) is 30.2 Å². The number of hydrogen-bond donors (Lipinski definition) is 2. The summed E-state index contributed by atoms with van der Waals surface area (Å²) in [5, 5.41) is 10.4. The lowest BCUT2D eigenvalue weighted by atomic mass is 10.1. The number of aromatic nitrogens is 3. The molecule has 0 spiro atoms. The zero-order valence-corrected chi connectivity index (χ0v) is 21.5. The van der Waals surface area contributed by atoms with Crippen LogP contribution < -0.4 is 10.6 Å². The number of aliphatic imine (C=N–C) groups is 1. The Labute approximate surface area is 220 Å². The summed E-state index contributed by atoms with van der Waals surface area (Å²) in [5.41, 5.74) is 1.98. The van der Waals surface area contributed by atoms with E-state index in [1.165, 1.54) is 0 Å². The molecule has 2 aliphatic rings. The van der Waals surface area contributed by atoms with Crippen LogP contribution in [0.3, 0.4) is 0 Å². The Morgan fingerprint density at radius 2 is 1.79 bits per heavy atom. The van der Waals surface area contributed by atoms with Crippen LogP contribution in [0, 0.1) is 6.92 Å². The molecule has 11 nitrogen and oxygen atoms in total. The van der Waals surface area contributed by atoms with E-state index in [0.717, 1.165) is 44.5 Å². The third kappa shape index (κ3) is 5.99. The molecule has 198 valence electrons. The summed E-state index contributed by atoms with van der Waals surface area (Å²) in [6, 6.07) is 11.6. The zero-order valence-electron chi connectivity index (χ0n) is 21.5. The van der Waals surface area contributed by atoms with Crippen molar-refractivity contribution in [2.75, 3.05) is 31.5 Å². The molecule has 4 heterocycles. The normalized spacial score (nSPS) is 18.5. The molecule has 2 aromatic heterocycles. The fourth-order valence-electron chi connectivity index (χ4n) is 4.80. The van der Waals surface area contributed by atoms with Gasteiger partial charge in [0.05, 0.1) is 18.4 Å². The number of nitrogens with zero attached hydrogens (tertiary/aromatic N) is 6. The van der Waals surface area contributed by atoms with Crippen molar-refractivity contribution in [3.63, 3.8) is 0 Å². The highest BCUT2D eigenvalue weighted by Crippen LogP contribution is 2.17. The van der Waals surface area contributed by atoms with Crippen molar-refractivity contribution in [1.82, 2.24) is 29.7 Å². The highest BCUT2D eigenvalue weighted by molar-refractivity contribution is 6.10. The monoisotopic (exact) mass is 516 g/mol. The number of fused-ring (bicyclic) bond motifs is 1. The van der Waals surface area contributed by atoms with Crippen molar-refractivity contribution in [2.45, 2.75) is 45.1 Å². The minimum atomic E-state index is -0.735. The SMILES string of the molecule is Cc1cn2nc(NC(=N[C@H]3CCCCN(CC(=O)N4CCCC4)C3=O)NC(=O)c3ccccc3)ccc2n1. The molecular formula is C27H32N8O3. The van der Waals surface area contributed by atoms with Gasteiger partial charge in [-0.15, -0.1) is 5.10 Å². The summed E-state index contributed by atoms with van der Waals surface area (Å²) in [7, 11) is 0. The molecule has 38 heavy (non-hydrogen) atoms. The van der Waals surface area contributed by atoms with E-state index >= 15 is 0 Å². The lowest BCUT2D eigenvalue weighted by Gasteiger charge is -2.25. The van der Waals surface area contributed by atoms with Gasteiger partial charge in [0.15, 0.2) is 11.5 Å². The smallest absolute Gasteiger partial charge is 0.257 e. The van der Waals surface area contributed by atoms with Gasteiger partial charge in [-0.3, -0.25) is 19.7 Å². The third-order valence-electron chi connectivity index (χ3n) is 6.78. The Morgan fingerprint density at radius 1 is 1.03 bits per heavy atom. The first-order valence-corrected chi connectivity index (χ1v) is 13.1. The van der Waals surface area contributed by atoms with Crippen LogP contribution in [0.15, 0.2) is 53.7 Å². The molecule has 0 unspecified atom stereocenters. The minimum absolute atomic E-state index is 0.0238. The van der Waals surface area contributed by atoms with Gasteiger partial charge in [-0.2, -0.15) is 0 Å². The lowest BCUT2D eigenvalue weighted by molar-refractivity contribution is -0.140. The van der Waals surface area contributed by atoms with Gasteiger partial charge in [0, 0.05) is 25.2 Å². The van der Waals surface area contributed by atoms with Crippen LogP contribution in [0.1, 0.15) is 48.2 Å². The Bertz CT molecular complexity index is 1350. The molecule has 2 N–H and O–H groups in total. The standard InChI is InChI=1S/C27H32N8O3/c1-19-17-35-23(28-19)13-12-22(32-35)30-27(31-25(37)20-9-3-2-4-10-20)29-21-11-5-6-16-34(26(21)38)18-24(36)33-14-7-8-15-33/h2-4,9-10,12-13,17,21H,5-8,11,14-16,18H2,1H3,(H2,29,30,31,32,37)/t21-/m0/s1. The molecule has 3 amide bonds. The number of carbonyl (C=O) groups excluding carboxylic acids is 3. The van der Waals surface area contributed by atoms with Crippen molar-refractivity contribution in [1.29, 1.82) is 0 Å². The second-order valence-corrected chi connectivity index (χ2v) is 9.69. The molecule has 0 bridgehead atoms. The van der Waals surface area contributed by atoms with Crippen molar-refractivity contribution in [2.24, 2.45) is 4.99 Å². The lowest BCUT2D eigenvalue weighted by Crippen LogP contribution is -2.45. The first-order valence-electron chi connectivity index (χ1n) is 13.1. The Morgan fingerprint density at radius 3 is 2.58 bits per heavy atom. The average molecular weight is 517 g/mol. The average Bonchev–Trinajstić information content (AvgIpc) is 3.55. The van der Waals surface area contributed by atoms with E-state index in [4.69, 9.17) is 0 Å². The number of imidazole rings is 1. The van der Waals surface area contributed by atoms with Gasteiger partial charge in [-0.1, -0.05) is 18.2 Å². The summed E-state index contributed by atoms with van der Waals surface area (Å²) >= 11 is 0. The summed E-state index contributed by atoms with van der Waals surface area (Å²) in [6.45, 7) is 3.95. The van der Waals surface area contributed by atoms with E-state index in [1.54, 1.807) is 45.9 Å². The van der Waals surface area contributed by atoms with Gasteiger partial charge in [0.25, 0.3) is 5.91 Å². The number of rotatable bonds is 5. The fraction of sp³-hybridized carbons (Fsp3) is 0.407. The highest BCUT2D eigenvalue weighted by Gasteiger charge is 2.30. The quantitative estimate of drug-likeness (QED) is 0.396. The first kappa shape index (κ1) is 25.4. The molecule has 0 saturated carbocycles. The Kier molecular flexibility index (Phi) is 7.62. The molecule has 5 rings (SSSR count). The van der Waals surface area contributed by atoms with Crippen LogP contribution in [0.2, 0.25) is 0 Å². The summed E-state index contributed by atoms with van der Waals surface area (Å²) in [5.74, 6) is -0.0439. The van der Waals surface area contributed by atoms with Gasteiger partial charge >= 0.3 is 0 Å². The number of amides is 3. The number of guanidine groups is 1. The van der Waals surface area contributed by atoms with Crippen LogP contribution in [0.5, 0.6) is 0 Å². The molecule has 1 aromatic carbocycles. The maximum absolute atomic E-state index is 13.5. The maximum Gasteiger partial charge on any atom is 0.257 e. The second-order valence-electron chi connectivity index (χ2n) is 9.69. The molecule has 0 aliphatic carbocycles. The van der Waals surface area contributed by atoms with E-state index in [0.29, 0.717) is 30.0 Å². The summed E-state index contributed by atoms with van der Waals surface area (Å²) in [6.07, 6.45) is 5.90. The predicted octanol–water partition coefficient (Wildman–Crippen LogP) is 2.24. The molecular weight excluding hydrogens is 484 g/mol. The van der Waals surface area contributed by atoms with Gasteiger partial charge < -0.3 is 15.1 Å². The van der Waals surface area contributed by atoms with Gasteiger partial charge in [0.2, 0.25) is 17.8 Å². The van der Waals surface area contributed by atoms with Crippen LogP contribution in [0.25, 0.3) is 5.65 Å². The highest BCUT2D eigenvalue weighted by atomic mass is 16.2. The van der Waals surface area contributed by atoms with Crippen molar-refractivity contribution >= 4 is 35.1 Å². The second kappa shape index (κ2) is 11.4. The van der Waals surface area contributed by atoms with Crippen LogP contribution in [-0.2, 0) is 9.59 Å². The fourth-order valence-corrected chi connectivity index (χ4v) is 4.80. The van der Waals surface area contributed by atoms with E-state index in [1.807, 2.05) is 24.0 Å². The largest absolute Gasteiger partial charge is 0.341 e. The molecule has 1 atom stereocenters. The molecule has 0 radical (unpaired) electrons. The molecule has 3 aromatic rings. The first-order chi connectivity index (χ1) is 18.5. The topological polar surface area (TPSA) is 124 Å². The van der Waals surface area contributed by atoms with Crippen molar-refractivity contribution < 1.29 is 14.4 Å². The van der Waals surface area contributed by atoms with Crippen molar-refractivity contribution in [3.8, 4) is 0 Å². The van der Waals surface area contributed by atoms with Crippen LogP contribution in [0.4, 0.5) is 5.82 Å². The van der Waals surface area contributed by atoms with E-state index in [9.17, 15) is 14.4 Å².